The molecule has 6 aromatic rings. The minimum Gasteiger partial charge on any atom is -0.397 e. The smallest absolute Gasteiger partial charge is 0.209 e. The van der Waals surface area contributed by atoms with Crippen molar-refractivity contribution >= 4 is 37.6 Å². The normalized spacial score (nSPS) is 11.9. The second-order valence-electron chi connectivity index (χ2n) is 8.78. The molecule has 0 spiro atoms. The number of aromatic amines is 2. The van der Waals surface area contributed by atoms with Gasteiger partial charge in [-0.1, -0.05) is 0 Å². The summed E-state index contributed by atoms with van der Waals surface area (Å²) < 4.78 is 39.8. The lowest BCUT2D eigenvalue weighted by Gasteiger charge is -2.07. The second-order valence-corrected chi connectivity index (χ2v) is 10.6. The third-order valence-corrected chi connectivity index (χ3v) is 6.57. The van der Waals surface area contributed by atoms with Crippen LogP contribution < -0.4 is 10.5 Å². The number of aromatic nitrogens is 7. The van der Waals surface area contributed by atoms with Crippen LogP contribution >= 0.6 is 0 Å². The number of fused-ring (bicyclic) bond motifs is 2. The van der Waals surface area contributed by atoms with Crippen molar-refractivity contribution in [3.8, 4) is 34.0 Å². The molecule has 11 nitrogen and oxygen atoms in total. The first-order valence-electron chi connectivity index (χ1n) is 11.4. The van der Waals surface area contributed by atoms with Crippen LogP contribution in [0.5, 0.6) is 0 Å². The largest absolute Gasteiger partial charge is 0.397 e. The number of H-pyrrole nitrogens is 2. The molecular formula is C25H20FN9O2S. The number of halogens is 1. The van der Waals surface area contributed by atoms with Crippen LogP contribution in [0.3, 0.4) is 0 Å². The molecule has 0 saturated carbocycles. The van der Waals surface area contributed by atoms with E-state index in [0.717, 1.165) is 17.2 Å². The maximum Gasteiger partial charge on any atom is 0.209 e. The van der Waals surface area contributed by atoms with Crippen LogP contribution in [0.15, 0.2) is 61.2 Å². The van der Waals surface area contributed by atoms with Gasteiger partial charge in [0.1, 0.15) is 17.0 Å². The van der Waals surface area contributed by atoms with Gasteiger partial charge in [-0.15, -0.1) is 0 Å². The number of anilines is 1. The number of pyridine rings is 3. The Labute approximate surface area is 215 Å². The van der Waals surface area contributed by atoms with Gasteiger partial charge in [0.05, 0.1) is 40.6 Å². The molecular weight excluding hydrogens is 509 g/mol. The number of nitrogens with one attached hydrogen (secondary N) is 3. The van der Waals surface area contributed by atoms with Crippen LogP contribution in [0.4, 0.5) is 10.1 Å². The Morgan fingerprint density at radius 3 is 2.68 bits per heavy atom. The molecule has 190 valence electrons. The molecule has 1 aromatic carbocycles. The topological polar surface area (TPSA) is 168 Å². The predicted molar refractivity (Wildman–Crippen MR) is 141 cm³/mol. The molecule has 38 heavy (non-hydrogen) atoms. The molecule has 0 amide bonds. The number of nitrogens with two attached hydrogens (primary N) is 1. The van der Waals surface area contributed by atoms with Crippen molar-refractivity contribution in [2.75, 3.05) is 12.0 Å². The molecule has 6 rings (SSSR count). The Balaban J connectivity index is 1.43. The molecule has 0 aliphatic carbocycles. The molecule has 0 unspecified atom stereocenters. The maximum absolute atomic E-state index is 14.5. The van der Waals surface area contributed by atoms with E-state index in [0.29, 0.717) is 56.3 Å². The third kappa shape index (κ3) is 4.55. The molecule has 0 aliphatic rings. The summed E-state index contributed by atoms with van der Waals surface area (Å²) in [6, 6.07) is 9.72. The van der Waals surface area contributed by atoms with Gasteiger partial charge < -0.3 is 10.7 Å². The summed E-state index contributed by atoms with van der Waals surface area (Å²) in [5.41, 5.74) is 11.7. The predicted octanol–water partition coefficient (Wildman–Crippen LogP) is 3.40. The third-order valence-electron chi connectivity index (χ3n) is 5.90. The monoisotopic (exact) mass is 529 g/mol. The zero-order valence-electron chi connectivity index (χ0n) is 19.9. The molecule has 0 atom stereocenters. The highest BCUT2D eigenvalue weighted by Crippen LogP contribution is 2.32. The second kappa shape index (κ2) is 8.97. The minimum absolute atomic E-state index is 0.0520. The summed E-state index contributed by atoms with van der Waals surface area (Å²) in [6.07, 6.45) is 7.57. The first kappa shape index (κ1) is 23.6. The van der Waals surface area contributed by atoms with Crippen LogP contribution in [0, 0.1) is 5.82 Å². The van der Waals surface area contributed by atoms with Gasteiger partial charge in [0.15, 0.2) is 5.82 Å². The average Bonchev–Trinajstić information content (AvgIpc) is 3.50. The van der Waals surface area contributed by atoms with Crippen molar-refractivity contribution in [2.45, 2.75) is 6.54 Å². The van der Waals surface area contributed by atoms with Crippen molar-refractivity contribution in [1.82, 2.24) is 39.8 Å². The van der Waals surface area contributed by atoms with Crippen molar-refractivity contribution in [1.29, 1.82) is 0 Å². The van der Waals surface area contributed by atoms with E-state index in [2.05, 4.69) is 34.9 Å². The van der Waals surface area contributed by atoms with Gasteiger partial charge in [-0.05, 0) is 42.0 Å². The van der Waals surface area contributed by atoms with Crippen LogP contribution in [0.2, 0.25) is 0 Å². The van der Waals surface area contributed by atoms with E-state index in [9.17, 15) is 12.8 Å². The molecule has 0 fully saturated rings. The van der Waals surface area contributed by atoms with Crippen molar-refractivity contribution < 1.29 is 12.8 Å². The number of imidazole rings is 1. The summed E-state index contributed by atoms with van der Waals surface area (Å²) in [6.45, 7) is -0.0520. The Morgan fingerprint density at radius 1 is 1.00 bits per heavy atom. The van der Waals surface area contributed by atoms with Crippen molar-refractivity contribution in [3.05, 3.63) is 72.6 Å². The highest BCUT2D eigenvalue weighted by molar-refractivity contribution is 7.88. The molecule has 0 aliphatic heterocycles. The van der Waals surface area contributed by atoms with Gasteiger partial charge in [-0.3, -0.25) is 20.1 Å². The first-order valence-corrected chi connectivity index (χ1v) is 13.3. The lowest BCUT2D eigenvalue weighted by Crippen LogP contribution is -2.21. The van der Waals surface area contributed by atoms with Gasteiger partial charge in [0.25, 0.3) is 0 Å². The van der Waals surface area contributed by atoms with E-state index < -0.39 is 15.8 Å². The number of rotatable bonds is 6. The quantitative estimate of drug-likeness (QED) is 0.254. The maximum atomic E-state index is 14.5. The zero-order valence-corrected chi connectivity index (χ0v) is 20.7. The molecule has 13 heteroatoms. The van der Waals surface area contributed by atoms with E-state index in [1.807, 2.05) is 6.07 Å². The Bertz CT molecular complexity index is 1950. The van der Waals surface area contributed by atoms with Gasteiger partial charge in [0, 0.05) is 41.6 Å². The highest BCUT2D eigenvalue weighted by Gasteiger charge is 2.18. The summed E-state index contributed by atoms with van der Waals surface area (Å²) >= 11 is 0. The Morgan fingerprint density at radius 2 is 1.87 bits per heavy atom. The Kier molecular flexibility index (Phi) is 5.58. The summed E-state index contributed by atoms with van der Waals surface area (Å²) in [4.78, 5) is 21.1. The van der Waals surface area contributed by atoms with Crippen LogP contribution in [-0.4, -0.2) is 49.8 Å². The average molecular weight is 530 g/mol. The van der Waals surface area contributed by atoms with E-state index in [4.69, 9.17) is 10.7 Å². The van der Waals surface area contributed by atoms with Crippen LogP contribution in [0.25, 0.3) is 56.0 Å². The number of hydrogen-bond acceptors (Lipinski definition) is 8. The van der Waals surface area contributed by atoms with Crippen LogP contribution in [0.1, 0.15) is 5.56 Å². The fraction of sp³-hybridized carbons (Fsp3) is 0.0800. The lowest BCUT2D eigenvalue weighted by molar-refractivity contribution is 0.586. The van der Waals surface area contributed by atoms with E-state index >= 15 is 0 Å². The first-order chi connectivity index (χ1) is 18.2. The van der Waals surface area contributed by atoms with Crippen molar-refractivity contribution in [2.24, 2.45) is 0 Å². The highest BCUT2D eigenvalue weighted by atomic mass is 32.2. The Hall–Kier alpha value is -4.75. The van der Waals surface area contributed by atoms with E-state index in [1.165, 1.54) is 12.1 Å². The fourth-order valence-electron chi connectivity index (χ4n) is 4.22. The number of sulfonamides is 1. The van der Waals surface area contributed by atoms with Gasteiger partial charge >= 0.3 is 0 Å². The minimum atomic E-state index is -3.44. The van der Waals surface area contributed by atoms with E-state index in [1.54, 1.807) is 43.0 Å². The molecule has 5 N–H and O–H groups in total. The van der Waals surface area contributed by atoms with Gasteiger partial charge in [-0.2, -0.15) is 5.10 Å². The SMILES string of the molecule is CS(=O)(=O)NCc1cc(F)cc(-c2nccc3[nH]c(-c4n[nH]c5cnc(-c6cncc(N)c6)cc45)nc23)c1. The molecule has 0 radical (unpaired) electrons. The zero-order chi connectivity index (χ0) is 26.4. The van der Waals surface area contributed by atoms with E-state index in [-0.39, 0.29) is 6.54 Å². The lowest BCUT2D eigenvalue weighted by atomic mass is 10.1. The van der Waals surface area contributed by atoms with Crippen LogP contribution in [-0.2, 0) is 16.6 Å². The molecule has 0 saturated heterocycles. The van der Waals surface area contributed by atoms with Gasteiger partial charge in [-0.25, -0.2) is 22.5 Å². The number of hydrogen-bond donors (Lipinski definition) is 4. The molecule has 5 heterocycles. The number of nitrogen functional groups attached to an aromatic ring is 1. The summed E-state index contributed by atoms with van der Waals surface area (Å²) in [7, 11) is -3.44. The summed E-state index contributed by atoms with van der Waals surface area (Å²) in [5.74, 6) is -0.0320. The number of benzene rings is 1. The number of nitrogens with zero attached hydrogens (tertiary/aromatic N) is 5. The fourth-order valence-corrected chi connectivity index (χ4v) is 4.64. The van der Waals surface area contributed by atoms with Gasteiger partial charge in [0.2, 0.25) is 10.0 Å². The summed E-state index contributed by atoms with van der Waals surface area (Å²) in [5, 5.41) is 8.20. The molecule has 5 aromatic heterocycles. The standard InChI is InChI=1S/C25H20FN9O2S/c1-38(36,37)31-9-13-4-14(6-16(26)5-13)22-24-19(2-3-29-22)32-25(33-24)23-18-8-20(30-12-21(18)34-35-23)15-7-17(27)11-28-10-15/h2-8,10-12,31H,9,27H2,1H3,(H,32,33)(H,34,35). The molecule has 0 bridgehead atoms. The van der Waals surface area contributed by atoms with Crippen molar-refractivity contribution in [3.63, 3.8) is 0 Å².